The highest BCUT2D eigenvalue weighted by molar-refractivity contribution is 6.30. The number of halogens is 1. The summed E-state index contributed by atoms with van der Waals surface area (Å²) in [4.78, 5) is 12.6. The van der Waals surface area contributed by atoms with Crippen LogP contribution in [0.3, 0.4) is 0 Å². The number of carbonyl (C=O) groups is 1. The van der Waals surface area contributed by atoms with Crippen LogP contribution < -0.4 is 5.32 Å². The van der Waals surface area contributed by atoms with Crippen molar-refractivity contribution in [3.05, 3.63) is 51.8 Å². The van der Waals surface area contributed by atoms with Gasteiger partial charge in [-0.3, -0.25) is 9.48 Å². The van der Waals surface area contributed by atoms with Crippen LogP contribution >= 0.6 is 11.6 Å². The van der Waals surface area contributed by atoms with Gasteiger partial charge in [-0.2, -0.15) is 5.10 Å². The Labute approximate surface area is 147 Å². The zero-order valence-electron chi connectivity index (χ0n) is 14.3. The van der Waals surface area contributed by atoms with Crippen LogP contribution in [0.1, 0.15) is 47.1 Å². The largest absolute Gasteiger partial charge is 0.396 e. The fourth-order valence-electron chi connectivity index (χ4n) is 2.73. The Hall–Kier alpha value is -1.85. The highest BCUT2D eigenvalue weighted by Crippen LogP contribution is 2.17. The number of hydrogen-bond donors (Lipinski definition) is 2. The molecule has 0 aliphatic carbocycles. The third-order valence-electron chi connectivity index (χ3n) is 4.16. The van der Waals surface area contributed by atoms with E-state index < -0.39 is 0 Å². The molecule has 0 bridgehead atoms. The minimum atomic E-state index is -0.132. The van der Waals surface area contributed by atoms with Crippen molar-refractivity contribution in [2.24, 2.45) is 0 Å². The standard InChI is InChI=1S/C18H24ClN3O2/c1-4-16(9-10-23)20-18(24)17-12(2)21-22(13(17)3)11-14-5-7-15(19)8-6-14/h5-8,16,23H,4,9-11H2,1-3H3,(H,20,24). The lowest BCUT2D eigenvalue weighted by molar-refractivity contribution is 0.0927. The fourth-order valence-corrected chi connectivity index (χ4v) is 2.86. The number of aromatic nitrogens is 2. The van der Waals surface area contributed by atoms with E-state index in [1.165, 1.54) is 0 Å². The Balaban J connectivity index is 2.18. The number of nitrogens with zero attached hydrogens (tertiary/aromatic N) is 2. The molecular weight excluding hydrogens is 326 g/mol. The minimum Gasteiger partial charge on any atom is -0.396 e. The molecule has 6 heteroatoms. The van der Waals surface area contributed by atoms with Crippen molar-refractivity contribution >= 4 is 17.5 Å². The first kappa shape index (κ1) is 18.5. The number of amides is 1. The highest BCUT2D eigenvalue weighted by atomic mass is 35.5. The molecule has 24 heavy (non-hydrogen) atoms. The van der Waals surface area contributed by atoms with Gasteiger partial charge in [0.1, 0.15) is 0 Å². The molecule has 1 aromatic heterocycles. The van der Waals surface area contributed by atoms with Crippen LogP contribution in [0.5, 0.6) is 0 Å². The summed E-state index contributed by atoms with van der Waals surface area (Å²) in [6.07, 6.45) is 1.34. The second-order valence-electron chi connectivity index (χ2n) is 5.92. The van der Waals surface area contributed by atoms with Gasteiger partial charge in [-0.15, -0.1) is 0 Å². The van der Waals surface area contributed by atoms with E-state index in [9.17, 15) is 4.79 Å². The lowest BCUT2D eigenvalue weighted by Gasteiger charge is -2.15. The average molecular weight is 350 g/mol. The van der Waals surface area contributed by atoms with E-state index >= 15 is 0 Å². The summed E-state index contributed by atoms with van der Waals surface area (Å²) in [6, 6.07) is 7.56. The fraction of sp³-hybridized carbons (Fsp3) is 0.444. The van der Waals surface area contributed by atoms with Gasteiger partial charge in [0, 0.05) is 23.4 Å². The van der Waals surface area contributed by atoms with Crippen LogP contribution in [-0.2, 0) is 6.54 Å². The Bertz CT molecular complexity index is 695. The molecule has 2 N–H and O–H groups in total. The van der Waals surface area contributed by atoms with Gasteiger partial charge in [-0.05, 0) is 44.4 Å². The Morgan fingerprint density at radius 2 is 2.00 bits per heavy atom. The van der Waals surface area contributed by atoms with E-state index in [2.05, 4.69) is 10.4 Å². The quantitative estimate of drug-likeness (QED) is 0.807. The lowest BCUT2D eigenvalue weighted by Crippen LogP contribution is -2.35. The van der Waals surface area contributed by atoms with Crippen molar-refractivity contribution < 1.29 is 9.90 Å². The van der Waals surface area contributed by atoms with Crippen molar-refractivity contribution in [3.63, 3.8) is 0 Å². The molecule has 1 unspecified atom stereocenters. The van der Waals surface area contributed by atoms with Gasteiger partial charge < -0.3 is 10.4 Å². The number of aryl methyl sites for hydroxylation is 1. The molecule has 0 radical (unpaired) electrons. The second kappa shape index (κ2) is 8.31. The molecule has 0 saturated heterocycles. The molecule has 1 amide bonds. The predicted octanol–water partition coefficient (Wildman–Crippen LogP) is 3.09. The molecule has 0 saturated carbocycles. The molecule has 2 rings (SSSR count). The summed E-state index contributed by atoms with van der Waals surface area (Å²) in [5, 5.41) is 17.2. The maximum Gasteiger partial charge on any atom is 0.255 e. The first-order chi connectivity index (χ1) is 11.5. The van der Waals surface area contributed by atoms with Crippen LogP contribution in [0.15, 0.2) is 24.3 Å². The Morgan fingerprint density at radius 3 is 2.58 bits per heavy atom. The van der Waals surface area contributed by atoms with E-state index in [0.717, 1.165) is 17.7 Å². The number of aliphatic hydroxyl groups is 1. The number of hydrogen-bond acceptors (Lipinski definition) is 3. The number of aliphatic hydroxyl groups excluding tert-OH is 1. The summed E-state index contributed by atoms with van der Waals surface area (Å²) in [5.74, 6) is -0.132. The normalized spacial score (nSPS) is 12.2. The molecule has 0 fully saturated rings. The SMILES string of the molecule is CCC(CCO)NC(=O)c1c(C)nn(Cc2ccc(Cl)cc2)c1C. The topological polar surface area (TPSA) is 67.2 Å². The molecule has 1 heterocycles. The summed E-state index contributed by atoms with van der Waals surface area (Å²) in [6.45, 7) is 6.38. The molecule has 5 nitrogen and oxygen atoms in total. The third kappa shape index (κ3) is 4.36. The first-order valence-electron chi connectivity index (χ1n) is 8.16. The van der Waals surface area contributed by atoms with E-state index in [1.807, 2.05) is 49.7 Å². The summed E-state index contributed by atoms with van der Waals surface area (Å²) >= 11 is 5.91. The number of rotatable bonds is 7. The van der Waals surface area contributed by atoms with E-state index in [4.69, 9.17) is 16.7 Å². The average Bonchev–Trinajstić information content (AvgIpc) is 2.83. The van der Waals surface area contributed by atoms with E-state index in [-0.39, 0.29) is 18.6 Å². The molecule has 2 aromatic rings. The smallest absolute Gasteiger partial charge is 0.255 e. The second-order valence-corrected chi connectivity index (χ2v) is 6.36. The van der Waals surface area contributed by atoms with Gasteiger partial charge in [0.05, 0.1) is 17.8 Å². The first-order valence-corrected chi connectivity index (χ1v) is 8.54. The van der Waals surface area contributed by atoms with E-state index in [1.54, 1.807) is 0 Å². The Morgan fingerprint density at radius 1 is 1.33 bits per heavy atom. The number of nitrogens with one attached hydrogen (secondary N) is 1. The van der Waals surface area contributed by atoms with Crippen molar-refractivity contribution in [3.8, 4) is 0 Å². The van der Waals surface area contributed by atoms with Gasteiger partial charge in [-0.1, -0.05) is 30.7 Å². The molecule has 0 aliphatic rings. The Kier molecular flexibility index (Phi) is 6.40. The maximum atomic E-state index is 12.6. The van der Waals surface area contributed by atoms with Gasteiger partial charge in [0.2, 0.25) is 0 Å². The van der Waals surface area contributed by atoms with Crippen molar-refractivity contribution in [1.29, 1.82) is 0 Å². The van der Waals surface area contributed by atoms with Crippen LogP contribution in [0.25, 0.3) is 0 Å². The molecular formula is C18H24ClN3O2. The van der Waals surface area contributed by atoms with Gasteiger partial charge in [0.15, 0.2) is 0 Å². The van der Waals surface area contributed by atoms with Gasteiger partial charge in [-0.25, -0.2) is 0 Å². The third-order valence-corrected chi connectivity index (χ3v) is 4.41. The highest BCUT2D eigenvalue weighted by Gasteiger charge is 2.20. The van der Waals surface area contributed by atoms with Crippen molar-refractivity contribution in [2.75, 3.05) is 6.61 Å². The molecule has 0 aliphatic heterocycles. The van der Waals surface area contributed by atoms with Gasteiger partial charge >= 0.3 is 0 Å². The summed E-state index contributed by atoms with van der Waals surface area (Å²) in [5.41, 5.74) is 3.22. The summed E-state index contributed by atoms with van der Waals surface area (Å²) < 4.78 is 1.83. The minimum absolute atomic E-state index is 0.0269. The van der Waals surface area contributed by atoms with Crippen molar-refractivity contribution in [1.82, 2.24) is 15.1 Å². The zero-order valence-corrected chi connectivity index (χ0v) is 15.1. The van der Waals surface area contributed by atoms with Crippen molar-refractivity contribution in [2.45, 2.75) is 46.2 Å². The number of benzene rings is 1. The van der Waals surface area contributed by atoms with Crippen LogP contribution in [0.4, 0.5) is 0 Å². The number of carbonyl (C=O) groups excluding carboxylic acids is 1. The summed E-state index contributed by atoms with van der Waals surface area (Å²) in [7, 11) is 0. The maximum absolute atomic E-state index is 12.6. The molecule has 130 valence electrons. The van der Waals surface area contributed by atoms with Crippen LogP contribution in [-0.4, -0.2) is 33.4 Å². The zero-order chi connectivity index (χ0) is 17.7. The lowest BCUT2D eigenvalue weighted by atomic mass is 10.1. The van der Waals surface area contributed by atoms with E-state index in [0.29, 0.717) is 29.2 Å². The van der Waals surface area contributed by atoms with Crippen LogP contribution in [0.2, 0.25) is 5.02 Å². The molecule has 1 aromatic carbocycles. The predicted molar refractivity (Wildman–Crippen MR) is 95.5 cm³/mol. The van der Waals surface area contributed by atoms with Crippen LogP contribution in [0, 0.1) is 13.8 Å². The monoisotopic (exact) mass is 349 g/mol. The van der Waals surface area contributed by atoms with Gasteiger partial charge in [0.25, 0.3) is 5.91 Å². The molecule has 1 atom stereocenters. The molecule has 0 spiro atoms.